The number of esters is 1. The van der Waals surface area contributed by atoms with Crippen molar-refractivity contribution in [2.24, 2.45) is 0 Å². The first kappa shape index (κ1) is 29.9. The minimum absolute atomic E-state index is 0.0235. The Morgan fingerprint density at radius 1 is 0.786 bits per heavy atom. The topological polar surface area (TPSA) is 110 Å². The van der Waals surface area contributed by atoms with Crippen LogP contribution in [0.3, 0.4) is 0 Å². The predicted molar refractivity (Wildman–Crippen MR) is 151 cm³/mol. The summed E-state index contributed by atoms with van der Waals surface area (Å²) in [6, 6.07) is 28.6. The first-order valence-electron chi connectivity index (χ1n) is 14.1. The van der Waals surface area contributed by atoms with Crippen LogP contribution in [0.25, 0.3) is 0 Å². The Bertz CT molecular complexity index is 1290. The molecule has 1 N–H and O–H groups in total. The molecule has 222 valence electrons. The van der Waals surface area contributed by atoms with Gasteiger partial charge in [-0.05, 0) is 23.1 Å². The van der Waals surface area contributed by atoms with Gasteiger partial charge in [0.25, 0.3) is 0 Å². The monoisotopic (exact) mass is 576 g/mol. The number of rotatable bonds is 13. The fourth-order valence-electron chi connectivity index (χ4n) is 5.22. The molecule has 1 spiro atoms. The molecule has 2 heterocycles. The van der Waals surface area contributed by atoms with Crippen LogP contribution in [0.15, 0.2) is 91.0 Å². The van der Waals surface area contributed by atoms with E-state index < -0.39 is 35.9 Å². The smallest absolute Gasteiger partial charge is 0.341 e. The lowest BCUT2D eigenvalue weighted by Crippen LogP contribution is -2.64. The molecule has 9 nitrogen and oxygen atoms in total. The maximum absolute atomic E-state index is 13.6. The van der Waals surface area contributed by atoms with Gasteiger partial charge in [0.1, 0.15) is 12.2 Å². The third-order valence-electron chi connectivity index (χ3n) is 7.33. The summed E-state index contributed by atoms with van der Waals surface area (Å²) in [5, 5.41) is 9.76. The molecular formula is C33H36O9. The number of carbonyl (C=O) groups excluding carboxylic acids is 1. The number of ether oxygens (including phenoxy) is 6. The Kier molecular flexibility index (Phi) is 9.99. The zero-order chi connectivity index (χ0) is 29.3. The van der Waals surface area contributed by atoms with Crippen molar-refractivity contribution in [3.63, 3.8) is 0 Å². The van der Waals surface area contributed by atoms with E-state index in [9.17, 15) is 14.7 Å². The number of carboxylic acids is 1. The summed E-state index contributed by atoms with van der Waals surface area (Å²) >= 11 is 0. The second-order valence-electron chi connectivity index (χ2n) is 10.7. The molecule has 0 aliphatic carbocycles. The molecule has 3 aromatic carbocycles. The second kappa shape index (κ2) is 14.0. The number of carbonyl (C=O) groups is 2. The maximum Gasteiger partial charge on any atom is 0.341 e. The number of hydrogen-bond acceptors (Lipinski definition) is 8. The highest BCUT2D eigenvalue weighted by Gasteiger charge is 2.60. The number of carboxylic acid groups (broad SMARTS) is 1. The molecular weight excluding hydrogens is 540 g/mol. The number of aliphatic carboxylic acids is 1. The molecule has 0 bridgehead atoms. The Balaban J connectivity index is 1.29. The van der Waals surface area contributed by atoms with Gasteiger partial charge in [-0.25, -0.2) is 4.79 Å². The molecule has 42 heavy (non-hydrogen) atoms. The van der Waals surface area contributed by atoms with Crippen molar-refractivity contribution in [3.05, 3.63) is 108 Å². The van der Waals surface area contributed by atoms with Crippen LogP contribution in [-0.4, -0.2) is 60.5 Å². The van der Waals surface area contributed by atoms with Gasteiger partial charge in [0.2, 0.25) is 11.9 Å². The third kappa shape index (κ3) is 7.81. The summed E-state index contributed by atoms with van der Waals surface area (Å²) in [4.78, 5) is 25.5. The molecule has 5 rings (SSSR count). The Labute approximate surface area is 245 Å². The highest BCUT2D eigenvalue weighted by Crippen LogP contribution is 2.43. The van der Waals surface area contributed by atoms with Gasteiger partial charge in [-0.3, -0.25) is 4.79 Å². The van der Waals surface area contributed by atoms with Gasteiger partial charge in [0, 0.05) is 6.42 Å². The van der Waals surface area contributed by atoms with Gasteiger partial charge in [0.05, 0.1) is 45.6 Å². The van der Waals surface area contributed by atoms with E-state index in [0.29, 0.717) is 26.1 Å². The molecule has 3 unspecified atom stereocenters. The van der Waals surface area contributed by atoms with Crippen LogP contribution >= 0.6 is 0 Å². The van der Waals surface area contributed by atoms with Crippen LogP contribution in [0.1, 0.15) is 36.0 Å². The Hall–Kier alpha value is -3.60. The maximum atomic E-state index is 13.6. The average molecular weight is 577 g/mol. The van der Waals surface area contributed by atoms with Gasteiger partial charge in [-0.15, -0.1) is 0 Å². The van der Waals surface area contributed by atoms with Crippen LogP contribution in [0.2, 0.25) is 0 Å². The summed E-state index contributed by atoms with van der Waals surface area (Å²) in [7, 11) is 0. The van der Waals surface area contributed by atoms with E-state index >= 15 is 0 Å². The van der Waals surface area contributed by atoms with Gasteiger partial charge in [-0.2, -0.15) is 0 Å². The lowest BCUT2D eigenvalue weighted by Gasteiger charge is -2.47. The SMILES string of the molecule is O=C(O)CC1(COCc2ccccc2)COC2(CC[C@H](COCc3ccccc3)O2)C(C(=O)OCc2ccccc2)O1. The van der Waals surface area contributed by atoms with Crippen molar-refractivity contribution < 1.29 is 43.1 Å². The number of hydrogen-bond donors (Lipinski definition) is 1. The van der Waals surface area contributed by atoms with Crippen LogP contribution in [0, 0.1) is 0 Å². The van der Waals surface area contributed by atoms with E-state index in [1.165, 1.54) is 0 Å². The molecule has 2 aliphatic heterocycles. The minimum Gasteiger partial charge on any atom is -0.481 e. The lowest BCUT2D eigenvalue weighted by molar-refractivity contribution is -0.359. The normalized spacial score (nSPS) is 25.3. The summed E-state index contributed by atoms with van der Waals surface area (Å²) in [5.74, 6) is -3.23. The standard InChI is InChI=1S/C33H36O9/c34-29(35)18-32(23-38-20-26-12-6-2-7-13-26)24-40-33(30(42-32)31(36)39-21-27-14-8-3-9-15-27)17-16-28(41-33)22-37-19-25-10-4-1-5-11-25/h1-15,28,30H,16-24H2,(H,34,35)/t28-,30?,32?,33?/m1/s1. The molecule has 2 fully saturated rings. The van der Waals surface area contributed by atoms with E-state index in [2.05, 4.69) is 0 Å². The van der Waals surface area contributed by atoms with Crippen molar-refractivity contribution >= 4 is 11.9 Å². The highest BCUT2D eigenvalue weighted by atomic mass is 16.8. The van der Waals surface area contributed by atoms with Crippen molar-refractivity contribution in [1.29, 1.82) is 0 Å². The third-order valence-corrected chi connectivity index (χ3v) is 7.33. The van der Waals surface area contributed by atoms with Gasteiger partial charge in [-0.1, -0.05) is 91.0 Å². The van der Waals surface area contributed by atoms with Crippen LogP contribution < -0.4 is 0 Å². The largest absolute Gasteiger partial charge is 0.481 e. The van der Waals surface area contributed by atoms with Crippen LogP contribution in [-0.2, 0) is 57.8 Å². The fraction of sp³-hybridized carbons (Fsp3) is 0.394. The summed E-state index contributed by atoms with van der Waals surface area (Å²) < 4.78 is 36.4. The van der Waals surface area contributed by atoms with E-state index in [-0.39, 0.29) is 32.5 Å². The quantitative estimate of drug-likeness (QED) is 0.290. The Morgan fingerprint density at radius 2 is 1.36 bits per heavy atom. The lowest BCUT2D eigenvalue weighted by atomic mass is 9.95. The van der Waals surface area contributed by atoms with Crippen molar-refractivity contribution in [2.45, 2.75) is 62.7 Å². The van der Waals surface area contributed by atoms with Crippen LogP contribution in [0.4, 0.5) is 0 Å². The van der Waals surface area contributed by atoms with Crippen LogP contribution in [0.5, 0.6) is 0 Å². The molecule has 4 atom stereocenters. The molecule has 3 aromatic rings. The van der Waals surface area contributed by atoms with Crippen molar-refractivity contribution in [1.82, 2.24) is 0 Å². The first-order chi connectivity index (χ1) is 20.5. The first-order valence-corrected chi connectivity index (χ1v) is 14.1. The van der Waals surface area contributed by atoms with Gasteiger partial charge >= 0.3 is 11.9 Å². The summed E-state index contributed by atoms with van der Waals surface area (Å²) in [6.07, 6.45) is -1.18. The fourth-order valence-corrected chi connectivity index (χ4v) is 5.22. The van der Waals surface area contributed by atoms with Gasteiger partial charge < -0.3 is 33.5 Å². The minimum atomic E-state index is -1.43. The van der Waals surface area contributed by atoms with E-state index in [1.807, 2.05) is 91.0 Å². The van der Waals surface area contributed by atoms with E-state index in [4.69, 9.17) is 28.4 Å². The van der Waals surface area contributed by atoms with E-state index in [1.54, 1.807) is 0 Å². The molecule has 9 heteroatoms. The molecule has 0 amide bonds. The molecule has 0 radical (unpaired) electrons. The molecule has 2 aliphatic rings. The predicted octanol–water partition coefficient (Wildman–Crippen LogP) is 4.67. The average Bonchev–Trinajstić information content (AvgIpc) is 3.42. The summed E-state index contributed by atoms with van der Waals surface area (Å²) in [6.45, 7) is 0.762. The Morgan fingerprint density at radius 3 is 1.95 bits per heavy atom. The number of benzene rings is 3. The van der Waals surface area contributed by atoms with E-state index in [0.717, 1.165) is 16.7 Å². The van der Waals surface area contributed by atoms with Crippen molar-refractivity contribution in [2.75, 3.05) is 19.8 Å². The molecule has 0 aromatic heterocycles. The zero-order valence-electron chi connectivity index (χ0n) is 23.4. The summed E-state index contributed by atoms with van der Waals surface area (Å²) in [5.41, 5.74) is 1.35. The van der Waals surface area contributed by atoms with Gasteiger partial charge in [0.15, 0.2) is 0 Å². The molecule has 2 saturated heterocycles. The zero-order valence-corrected chi connectivity index (χ0v) is 23.4. The second-order valence-corrected chi connectivity index (χ2v) is 10.7. The highest BCUT2D eigenvalue weighted by molar-refractivity contribution is 5.76. The molecule has 0 saturated carbocycles. The van der Waals surface area contributed by atoms with Crippen molar-refractivity contribution in [3.8, 4) is 0 Å².